The number of carbonyl (C=O) groups is 1. The molecule has 29 heavy (non-hydrogen) atoms. The lowest BCUT2D eigenvalue weighted by Gasteiger charge is -2.10. The molecule has 144 valence electrons. The fourth-order valence-corrected chi connectivity index (χ4v) is 3.26. The van der Waals surface area contributed by atoms with Gasteiger partial charge in [0, 0.05) is 17.6 Å². The first kappa shape index (κ1) is 19.0. The van der Waals surface area contributed by atoms with Gasteiger partial charge in [0.05, 0.1) is 5.02 Å². The highest BCUT2D eigenvalue weighted by molar-refractivity contribution is 7.71. The zero-order valence-corrected chi connectivity index (χ0v) is 16.7. The Hall–Kier alpha value is -3.35. The number of aromatic amines is 1. The quantitative estimate of drug-likeness (QED) is 0.375. The maximum absolute atomic E-state index is 12.8. The van der Waals surface area contributed by atoms with E-state index in [-0.39, 0.29) is 5.91 Å². The van der Waals surface area contributed by atoms with Crippen molar-refractivity contribution in [3.05, 3.63) is 101 Å². The standard InChI is InChI=1S/C22H16ClN3O2S/c23-18-8-4-5-9-20(18)28-17-12-10-15(11-13-17)25-21(27)19-14-24-22(29)26(19)16-6-2-1-3-7-16/h1-14H,(H,24,29)(H,25,27). The molecule has 0 fully saturated rings. The SMILES string of the molecule is O=C(Nc1ccc(Oc2ccccc2Cl)cc1)c1c[nH]c(=S)n1-c1ccccc1. The fourth-order valence-electron chi connectivity index (χ4n) is 2.83. The largest absolute Gasteiger partial charge is 0.456 e. The number of para-hydroxylation sites is 2. The molecule has 1 heterocycles. The second kappa shape index (κ2) is 8.34. The number of amides is 1. The number of benzene rings is 3. The second-order valence-electron chi connectivity index (χ2n) is 6.16. The van der Waals surface area contributed by atoms with E-state index in [2.05, 4.69) is 10.3 Å². The Labute approximate surface area is 177 Å². The van der Waals surface area contributed by atoms with E-state index in [1.54, 1.807) is 47.2 Å². The van der Waals surface area contributed by atoms with Crippen molar-refractivity contribution in [3.63, 3.8) is 0 Å². The third-order valence-corrected chi connectivity index (χ3v) is 4.81. The molecular formula is C22H16ClN3O2S. The molecule has 3 aromatic carbocycles. The van der Waals surface area contributed by atoms with Gasteiger partial charge in [0.25, 0.3) is 5.91 Å². The Morgan fingerprint density at radius 2 is 1.66 bits per heavy atom. The molecule has 4 rings (SSSR count). The zero-order chi connectivity index (χ0) is 20.2. The number of carbonyl (C=O) groups excluding carboxylic acids is 1. The summed E-state index contributed by atoms with van der Waals surface area (Å²) in [6.45, 7) is 0. The molecule has 0 unspecified atom stereocenters. The van der Waals surface area contributed by atoms with Gasteiger partial charge in [-0.1, -0.05) is 41.9 Å². The number of ether oxygens (including phenoxy) is 1. The molecule has 1 aromatic heterocycles. The van der Waals surface area contributed by atoms with Crippen molar-refractivity contribution in [1.29, 1.82) is 0 Å². The van der Waals surface area contributed by atoms with Gasteiger partial charge in [-0.3, -0.25) is 9.36 Å². The van der Waals surface area contributed by atoms with Crippen molar-refractivity contribution in [2.24, 2.45) is 0 Å². The first-order chi connectivity index (χ1) is 14.1. The van der Waals surface area contributed by atoms with E-state index >= 15 is 0 Å². The molecule has 1 amide bonds. The van der Waals surface area contributed by atoms with Crippen molar-refractivity contribution < 1.29 is 9.53 Å². The zero-order valence-electron chi connectivity index (χ0n) is 15.1. The van der Waals surface area contributed by atoms with Crippen LogP contribution in [0.2, 0.25) is 5.02 Å². The van der Waals surface area contributed by atoms with Crippen LogP contribution in [0.4, 0.5) is 5.69 Å². The van der Waals surface area contributed by atoms with E-state index in [1.807, 2.05) is 42.5 Å². The lowest BCUT2D eigenvalue weighted by Crippen LogP contribution is -2.16. The van der Waals surface area contributed by atoms with E-state index in [4.69, 9.17) is 28.6 Å². The van der Waals surface area contributed by atoms with Crippen molar-refractivity contribution in [2.75, 3.05) is 5.32 Å². The van der Waals surface area contributed by atoms with Crippen LogP contribution in [0.25, 0.3) is 5.69 Å². The second-order valence-corrected chi connectivity index (χ2v) is 6.95. The van der Waals surface area contributed by atoms with E-state index in [1.165, 1.54) is 0 Å². The molecule has 7 heteroatoms. The van der Waals surface area contributed by atoms with Crippen LogP contribution in [0.3, 0.4) is 0 Å². The van der Waals surface area contributed by atoms with Gasteiger partial charge in [-0.05, 0) is 60.7 Å². The predicted molar refractivity (Wildman–Crippen MR) is 117 cm³/mol. The predicted octanol–water partition coefficient (Wildman–Crippen LogP) is 6.23. The van der Waals surface area contributed by atoms with E-state index < -0.39 is 0 Å². The summed E-state index contributed by atoms with van der Waals surface area (Å²) in [7, 11) is 0. The normalized spacial score (nSPS) is 10.5. The maximum atomic E-state index is 12.8. The van der Waals surface area contributed by atoms with Crippen LogP contribution in [-0.2, 0) is 0 Å². The number of aromatic nitrogens is 2. The van der Waals surface area contributed by atoms with Gasteiger partial charge in [0.1, 0.15) is 17.2 Å². The monoisotopic (exact) mass is 421 g/mol. The number of imidazole rings is 1. The van der Waals surface area contributed by atoms with Crippen LogP contribution >= 0.6 is 23.8 Å². The molecule has 2 N–H and O–H groups in total. The van der Waals surface area contributed by atoms with Gasteiger partial charge >= 0.3 is 0 Å². The molecule has 0 aliphatic heterocycles. The summed E-state index contributed by atoms with van der Waals surface area (Å²) >= 11 is 11.4. The van der Waals surface area contributed by atoms with Crippen LogP contribution in [0.15, 0.2) is 85.1 Å². The highest BCUT2D eigenvalue weighted by Crippen LogP contribution is 2.29. The van der Waals surface area contributed by atoms with E-state index in [0.29, 0.717) is 32.7 Å². The molecular weight excluding hydrogens is 406 g/mol. The summed E-state index contributed by atoms with van der Waals surface area (Å²) in [5.41, 5.74) is 1.86. The number of hydrogen-bond donors (Lipinski definition) is 2. The fraction of sp³-hybridized carbons (Fsp3) is 0. The van der Waals surface area contributed by atoms with Crippen LogP contribution in [0, 0.1) is 4.77 Å². The Bertz CT molecular complexity index is 1200. The van der Waals surface area contributed by atoms with Crippen molar-refractivity contribution in [3.8, 4) is 17.2 Å². The van der Waals surface area contributed by atoms with Crippen LogP contribution in [-0.4, -0.2) is 15.5 Å². The van der Waals surface area contributed by atoms with Crippen molar-refractivity contribution in [2.45, 2.75) is 0 Å². The third kappa shape index (κ3) is 4.23. The van der Waals surface area contributed by atoms with Crippen molar-refractivity contribution >= 4 is 35.4 Å². The lowest BCUT2D eigenvalue weighted by molar-refractivity contribution is 0.102. The average Bonchev–Trinajstić information content (AvgIpc) is 3.13. The average molecular weight is 422 g/mol. The molecule has 0 aliphatic carbocycles. The molecule has 4 aromatic rings. The topological polar surface area (TPSA) is 59.0 Å². The summed E-state index contributed by atoms with van der Waals surface area (Å²) < 4.78 is 7.91. The number of nitrogens with one attached hydrogen (secondary N) is 2. The molecule has 0 radical (unpaired) electrons. The number of H-pyrrole nitrogens is 1. The summed E-state index contributed by atoms with van der Waals surface area (Å²) in [6, 6.07) is 23.8. The molecule has 0 bridgehead atoms. The number of anilines is 1. The third-order valence-electron chi connectivity index (χ3n) is 4.20. The lowest BCUT2D eigenvalue weighted by atomic mass is 10.2. The summed E-state index contributed by atoms with van der Waals surface area (Å²) in [5, 5.41) is 3.41. The summed E-state index contributed by atoms with van der Waals surface area (Å²) in [6.07, 6.45) is 1.60. The van der Waals surface area contributed by atoms with E-state index in [0.717, 1.165) is 5.69 Å². The van der Waals surface area contributed by atoms with Gasteiger partial charge in [-0.2, -0.15) is 0 Å². The minimum Gasteiger partial charge on any atom is -0.456 e. The Morgan fingerprint density at radius 3 is 2.38 bits per heavy atom. The molecule has 0 aliphatic rings. The summed E-state index contributed by atoms with van der Waals surface area (Å²) in [4.78, 5) is 15.7. The first-order valence-corrected chi connectivity index (χ1v) is 9.60. The minimum absolute atomic E-state index is 0.277. The Balaban J connectivity index is 1.51. The van der Waals surface area contributed by atoms with Crippen LogP contribution < -0.4 is 10.1 Å². The smallest absolute Gasteiger partial charge is 0.274 e. The first-order valence-electron chi connectivity index (χ1n) is 8.81. The van der Waals surface area contributed by atoms with Crippen LogP contribution in [0.5, 0.6) is 11.5 Å². The number of hydrogen-bond acceptors (Lipinski definition) is 3. The highest BCUT2D eigenvalue weighted by atomic mass is 35.5. The van der Waals surface area contributed by atoms with Gasteiger partial charge in [0.15, 0.2) is 4.77 Å². The van der Waals surface area contributed by atoms with Gasteiger partial charge in [0.2, 0.25) is 0 Å². The number of rotatable bonds is 5. The molecule has 0 atom stereocenters. The highest BCUT2D eigenvalue weighted by Gasteiger charge is 2.14. The number of nitrogens with zero attached hydrogens (tertiary/aromatic N) is 1. The molecule has 5 nitrogen and oxygen atoms in total. The van der Waals surface area contributed by atoms with E-state index in [9.17, 15) is 4.79 Å². The minimum atomic E-state index is -0.277. The Kier molecular flexibility index (Phi) is 5.46. The molecule has 0 saturated carbocycles. The molecule has 0 spiro atoms. The van der Waals surface area contributed by atoms with Crippen molar-refractivity contribution in [1.82, 2.24) is 9.55 Å². The Morgan fingerprint density at radius 1 is 0.966 bits per heavy atom. The maximum Gasteiger partial charge on any atom is 0.274 e. The van der Waals surface area contributed by atoms with Gasteiger partial charge in [-0.15, -0.1) is 0 Å². The molecule has 0 saturated heterocycles. The van der Waals surface area contributed by atoms with Crippen LogP contribution in [0.1, 0.15) is 10.5 Å². The summed E-state index contributed by atoms with van der Waals surface area (Å²) in [5.74, 6) is 0.908. The van der Waals surface area contributed by atoms with Gasteiger partial charge in [-0.25, -0.2) is 0 Å². The van der Waals surface area contributed by atoms with Gasteiger partial charge < -0.3 is 15.0 Å². The number of halogens is 1.